The summed E-state index contributed by atoms with van der Waals surface area (Å²) in [6.45, 7) is 6.97. The van der Waals surface area contributed by atoms with Crippen molar-refractivity contribution in [3.8, 4) is 11.6 Å². The largest absolute Gasteiger partial charge is 0.437 e. The normalized spacial score (nSPS) is 11.0. The summed E-state index contributed by atoms with van der Waals surface area (Å²) in [5, 5.41) is 4.22. The monoisotopic (exact) mass is 324 g/mol. The van der Waals surface area contributed by atoms with Gasteiger partial charge in [-0.2, -0.15) is 0 Å². The Morgan fingerprint density at radius 3 is 2.62 bits per heavy atom. The summed E-state index contributed by atoms with van der Waals surface area (Å²) in [7, 11) is 0. The van der Waals surface area contributed by atoms with Gasteiger partial charge >= 0.3 is 0 Å². The van der Waals surface area contributed by atoms with Crippen LogP contribution in [0.4, 0.5) is 0 Å². The molecule has 0 spiro atoms. The Morgan fingerprint density at radius 2 is 1.95 bits per heavy atom. The first-order valence-corrected chi connectivity index (χ1v) is 7.54. The second-order valence-electron chi connectivity index (χ2n) is 5.08. The average Bonchev–Trinajstić information content (AvgIpc) is 2.43. The minimum absolute atomic E-state index is 0.393. The average molecular weight is 325 g/mol. The van der Waals surface area contributed by atoms with Crippen molar-refractivity contribution in [3.63, 3.8) is 0 Å². The standard InChI is InChI=1S/C16H18Cl2N2O/c1-10(2)19-9-12-7-8-15(20-11(12)3)21-14-6-4-5-13(17)16(14)18/h4-8,10,19H,9H2,1-3H3. The summed E-state index contributed by atoms with van der Waals surface area (Å²) in [5.74, 6) is 1.01. The molecule has 112 valence electrons. The summed E-state index contributed by atoms with van der Waals surface area (Å²) in [4.78, 5) is 4.45. The molecular formula is C16H18Cl2N2O. The van der Waals surface area contributed by atoms with E-state index in [1.165, 1.54) is 0 Å². The highest BCUT2D eigenvalue weighted by molar-refractivity contribution is 6.42. The third-order valence-corrected chi connectivity index (χ3v) is 3.80. The van der Waals surface area contributed by atoms with Gasteiger partial charge in [0.2, 0.25) is 5.88 Å². The van der Waals surface area contributed by atoms with Crippen LogP contribution in [0.15, 0.2) is 30.3 Å². The molecule has 0 aliphatic carbocycles. The predicted molar refractivity (Wildman–Crippen MR) is 87.5 cm³/mol. The zero-order valence-corrected chi connectivity index (χ0v) is 13.8. The first-order chi connectivity index (χ1) is 9.97. The van der Waals surface area contributed by atoms with E-state index in [4.69, 9.17) is 27.9 Å². The Bertz CT molecular complexity index is 630. The number of nitrogens with zero attached hydrogens (tertiary/aromatic N) is 1. The molecule has 1 N–H and O–H groups in total. The minimum atomic E-state index is 0.393. The number of aryl methyl sites for hydroxylation is 1. The highest BCUT2D eigenvalue weighted by Gasteiger charge is 2.09. The molecule has 0 unspecified atom stereocenters. The zero-order valence-electron chi connectivity index (χ0n) is 12.3. The fraction of sp³-hybridized carbons (Fsp3) is 0.312. The van der Waals surface area contributed by atoms with Gasteiger partial charge in [-0.05, 0) is 24.6 Å². The van der Waals surface area contributed by atoms with Gasteiger partial charge in [-0.25, -0.2) is 4.98 Å². The number of hydrogen-bond acceptors (Lipinski definition) is 3. The Balaban J connectivity index is 2.15. The topological polar surface area (TPSA) is 34.1 Å². The van der Waals surface area contributed by atoms with Gasteiger partial charge in [0, 0.05) is 24.3 Å². The van der Waals surface area contributed by atoms with Gasteiger partial charge in [-0.15, -0.1) is 0 Å². The van der Waals surface area contributed by atoms with E-state index in [0.717, 1.165) is 17.8 Å². The molecule has 0 amide bonds. The number of hydrogen-bond donors (Lipinski definition) is 1. The molecule has 0 bridgehead atoms. The van der Waals surface area contributed by atoms with E-state index in [2.05, 4.69) is 24.1 Å². The molecule has 0 aliphatic heterocycles. The number of halogens is 2. The molecule has 1 aromatic heterocycles. The van der Waals surface area contributed by atoms with E-state index in [-0.39, 0.29) is 0 Å². The Labute approximate surface area is 135 Å². The van der Waals surface area contributed by atoms with Gasteiger partial charge < -0.3 is 10.1 Å². The van der Waals surface area contributed by atoms with Gasteiger partial charge in [-0.3, -0.25) is 0 Å². The highest BCUT2D eigenvalue weighted by atomic mass is 35.5. The maximum atomic E-state index is 6.10. The molecule has 0 radical (unpaired) electrons. The maximum Gasteiger partial charge on any atom is 0.219 e. The van der Waals surface area contributed by atoms with Crippen molar-refractivity contribution >= 4 is 23.2 Å². The molecule has 0 saturated carbocycles. The summed E-state index contributed by atoms with van der Waals surface area (Å²) in [6.07, 6.45) is 0. The Hall–Kier alpha value is -1.29. The van der Waals surface area contributed by atoms with Crippen molar-refractivity contribution in [2.45, 2.75) is 33.4 Å². The summed E-state index contributed by atoms with van der Waals surface area (Å²) in [6, 6.07) is 9.55. The molecule has 0 saturated heterocycles. The fourth-order valence-corrected chi connectivity index (χ4v) is 2.13. The molecule has 1 heterocycles. The van der Waals surface area contributed by atoms with Crippen molar-refractivity contribution in [2.24, 2.45) is 0 Å². The number of pyridine rings is 1. The van der Waals surface area contributed by atoms with E-state index >= 15 is 0 Å². The number of rotatable bonds is 5. The van der Waals surface area contributed by atoms with Crippen LogP contribution in [0.2, 0.25) is 10.0 Å². The molecule has 5 heteroatoms. The van der Waals surface area contributed by atoms with Crippen LogP contribution in [0.3, 0.4) is 0 Å². The van der Waals surface area contributed by atoms with Crippen molar-refractivity contribution in [1.82, 2.24) is 10.3 Å². The van der Waals surface area contributed by atoms with E-state index in [1.807, 2.05) is 19.1 Å². The van der Waals surface area contributed by atoms with Gasteiger partial charge in [0.15, 0.2) is 0 Å². The molecule has 2 rings (SSSR count). The van der Waals surface area contributed by atoms with Crippen LogP contribution in [0.25, 0.3) is 0 Å². The van der Waals surface area contributed by atoms with Gasteiger partial charge in [-0.1, -0.05) is 49.2 Å². The molecule has 2 aromatic rings. The first kappa shape index (κ1) is 16.1. The van der Waals surface area contributed by atoms with Crippen molar-refractivity contribution in [3.05, 3.63) is 51.6 Å². The number of ether oxygens (including phenoxy) is 1. The van der Waals surface area contributed by atoms with Crippen LogP contribution in [-0.4, -0.2) is 11.0 Å². The molecule has 0 atom stereocenters. The second-order valence-corrected chi connectivity index (χ2v) is 5.87. The number of nitrogens with one attached hydrogen (secondary N) is 1. The summed E-state index contributed by atoms with van der Waals surface area (Å²) < 4.78 is 5.70. The lowest BCUT2D eigenvalue weighted by Crippen LogP contribution is -2.22. The molecular weight excluding hydrogens is 307 g/mol. The molecule has 21 heavy (non-hydrogen) atoms. The summed E-state index contributed by atoms with van der Waals surface area (Å²) in [5.41, 5.74) is 2.08. The second kappa shape index (κ2) is 7.12. The van der Waals surface area contributed by atoms with Crippen LogP contribution >= 0.6 is 23.2 Å². The number of benzene rings is 1. The molecule has 3 nitrogen and oxygen atoms in total. The van der Waals surface area contributed by atoms with Crippen LogP contribution in [0.5, 0.6) is 11.6 Å². The van der Waals surface area contributed by atoms with Crippen molar-refractivity contribution in [2.75, 3.05) is 0 Å². The smallest absolute Gasteiger partial charge is 0.219 e. The van der Waals surface area contributed by atoms with Gasteiger partial charge in [0.1, 0.15) is 10.8 Å². The number of aromatic nitrogens is 1. The van der Waals surface area contributed by atoms with Crippen LogP contribution in [0.1, 0.15) is 25.1 Å². The first-order valence-electron chi connectivity index (χ1n) is 6.79. The van der Waals surface area contributed by atoms with Crippen LogP contribution < -0.4 is 10.1 Å². The molecule has 0 aliphatic rings. The van der Waals surface area contributed by atoms with Crippen molar-refractivity contribution in [1.29, 1.82) is 0 Å². The van der Waals surface area contributed by atoms with E-state index < -0.39 is 0 Å². The Morgan fingerprint density at radius 1 is 1.19 bits per heavy atom. The zero-order chi connectivity index (χ0) is 15.4. The summed E-state index contributed by atoms with van der Waals surface area (Å²) >= 11 is 12.1. The minimum Gasteiger partial charge on any atom is -0.437 e. The lowest BCUT2D eigenvalue weighted by Gasteiger charge is -2.12. The van der Waals surface area contributed by atoms with E-state index in [9.17, 15) is 0 Å². The fourth-order valence-electron chi connectivity index (χ4n) is 1.80. The van der Waals surface area contributed by atoms with E-state index in [0.29, 0.717) is 27.7 Å². The van der Waals surface area contributed by atoms with Crippen molar-refractivity contribution < 1.29 is 4.74 Å². The highest BCUT2D eigenvalue weighted by Crippen LogP contribution is 2.34. The lowest BCUT2D eigenvalue weighted by atomic mass is 10.2. The maximum absolute atomic E-state index is 6.10. The Kier molecular flexibility index (Phi) is 5.45. The van der Waals surface area contributed by atoms with Crippen LogP contribution in [0, 0.1) is 6.92 Å². The SMILES string of the molecule is Cc1nc(Oc2cccc(Cl)c2Cl)ccc1CNC(C)C. The predicted octanol–water partition coefficient (Wildman–Crippen LogP) is 4.99. The van der Waals surface area contributed by atoms with Gasteiger partial charge in [0.25, 0.3) is 0 Å². The molecule has 1 aromatic carbocycles. The third-order valence-electron chi connectivity index (χ3n) is 3.00. The third kappa shape index (κ3) is 4.34. The molecule has 0 fully saturated rings. The quantitative estimate of drug-likeness (QED) is 0.841. The van der Waals surface area contributed by atoms with Crippen LogP contribution in [-0.2, 0) is 6.54 Å². The van der Waals surface area contributed by atoms with E-state index in [1.54, 1.807) is 18.2 Å². The van der Waals surface area contributed by atoms with Gasteiger partial charge in [0.05, 0.1) is 5.02 Å². The lowest BCUT2D eigenvalue weighted by molar-refractivity contribution is 0.461.